The van der Waals surface area contributed by atoms with Crippen molar-refractivity contribution in [2.45, 2.75) is 53.4 Å². The van der Waals surface area contributed by atoms with Crippen molar-refractivity contribution in [1.29, 1.82) is 0 Å². The molecule has 2 aromatic heterocycles. The molecule has 142 valence electrons. The molecular formula is C21H25N3O2S. The molecule has 3 rings (SSSR count). The second kappa shape index (κ2) is 6.93. The Morgan fingerprint density at radius 1 is 1.22 bits per heavy atom. The van der Waals surface area contributed by atoms with Crippen LogP contribution in [0.5, 0.6) is 5.75 Å². The normalized spacial score (nSPS) is 11.8. The summed E-state index contributed by atoms with van der Waals surface area (Å²) in [5.41, 5.74) is 3.14. The van der Waals surface area contributed by atoms with Crippen molar-refractivity contribution in [2.24, 2.45) is 0 Å². The molecule has 0 bridgehead atoms. The van der Waals surface area contributed by atoms with Gasteiger partial charge in [-0.15, -0.1) is 11.3 Å². The summed E-state index contributed by atoms with van der Waals surface area (Å²) in [4.78, 5) is 23.4. The summed E-state index contributed by atoms with van der Waals surface area (Å²) in [5, 5.41) is 14.0. The smallest absolute Gasteiger partial charge is 0.266 e. The molecule has 0 unspecified atom stereocenters. The van der Waals surface area contributed by atoms with E-state index in [0.717, 1.165) is 39.3 Å². The number of aryl methyl sites for hydroxylation is 3. The van der Waals surface area contributed by atoms with E-state index in [4.69, 9.17) is 0 Å². The summed E-state index contributed by atoms with van der Waals surface area (Å²) in [6, 6.07) is 5.33. The van der Waals surface area contributed by atoms with Crippen LogP contribution in [0.2, 0.25) is 0 Å². The second-order valence-corrected chi connectivity index (χ2v) is 8.75. The van der Waals surface area contributed by atoms with Crippen LogP contribution in [0.4, 0.5) is 5.69 Å². The average Bonchev–Trinajstić information content (AvgIpc) is 2.93. The van der Waals surface area contributed by atoms with Crippen molar-refractivity contribution in [3.8, 4) is 5.75 Å². The fourth-order valence-electron chi connectivity index (χ4n) is 3.05. The second-order valence-electron chi connectivity index (χ2n) is 7.75. The van der Waals surface area contributed by atoms with Gasteiger partial charge in [-0.3, -0.25) is 4.79 Å². The lowest BCUT2D eigenvalue weighted by atomic mass is 9.87. The number of hydrogen-bond acceptors (Lipinski definition) is 5. The van der Waals surface area contributed by atoms with E-state index >= 15 is 0 Å². The zero-order valence-corrected chi connectivity index (χ0v) is 17.4. The number of carbonyl (C=O) groups excluding carboxylic acids is 1. The standard InChI is InChI=1S/C21H25N3O2S/c1-7-16-22-12(3)17-11(2)18(27-20(17)24-16)19(26)23-14-10-13(21(4,5)6)8-9-15(14)25/h8-10,25H,7H2,1-6H3,(H,23,26). The van der Waals surface area contributed by atoms with Gasteiger partial charge < -0.3 is 10.4 Å². The molecule has 0 saturated heterocycles. The molecule has 2 N–H and O–H groups in total. The molecule has 1 amide bonds. The Balaban J connectivity index is 2.00. The molecule has 0 aliphatic heterocycles. The largest absolute Gasteiger partial charge is 0.506 e. The monoisotopic (exact) mass is 383 g/mol. The highest BCUT2D eigenvalue weighted by atomic mass is 32.1. The first-order valence-corrected chi connectivity index (χ1v) is 9.85. The lowest BCUT2D eigenvalue weighted by Crippen LogP contribution is -2.14. The Kier molecular flexibility index (Phi) is 4.95. The van der Waals surface area contributed by atoms with Crippen LogP contribution in [-0.4, -0.2) is 21.0 Å². The Bertz CT molecular complexity index is 1030. The van der Waals surface area contributed by atoms with Gasteiger partial charge >= 0.3 is 0 Å². The number of fused-ring (bicyclic) bond motifs is 1. The predicted octanol–water partition coefficient (Wildman–Crippen LogP) is 5.13. The molecule has 5 nitrogen and oxygen atoms in total. The number of phenols is 1. The zero-order valence-electron chi connectivity index (χ0n) is 16.6. The van der Waals surface area contributed by atoms with Crippen molar-refractivity contribution < 1.29 is 9.90 Å². The molecule has 0 aliphatic carbocycles. The van der Waals surface area contributed by atoms with Crippen LogP contribution >= 0.6 is 11.3 Å². The lowest BCUT2D eigenvalue weighted by molar-refractivity contribution is 0.102. The Labute approximate surface area is 163 Å². The van der Waals surface area contributed by atoms with Crippen LogP contribution in [0, 0.1) is 13.8 Å². The molecule has 0 atom stereocenters. The highest BCUT2D eigenvalue weighted by Gasteiger charge is 2.21. The van der Waals surface area contributed by atoms with E-state index in [1.54, 1.807) is 6.07 Å². The Morgan fingerprint density at radius 3 is 2.56 bits per heavy atom. The van der Waals surface area contributed by atoms with E-state index in [2.05, 4.69) is 36.1 Å². The first kappa shape index (κ1) is 19.3. The number of aromatic hydroxyl groups is 1. The number of phenolic OH excluding ortho intramolecular Hbond substituents is 1. The van der Waals surface area contributed by atoms with Crippen molar-refractivity contribution in [3.63, 3.8) is 0 Å². The van der Waals surface area contributed by atoms with Crippen LogP contribution in [0.15, 0.2) is 18.2 Å². The topological polar surface area (TPSA) is 75.1 Å². The third-order valence-electron chi connectivity index (χ3n) is 4.65. The molecule has 0 spiro atoms. The van der Waals surface area contributed by atoms with Crippen molar-refractivity contribution in [2.75, 3.05) is 5.32 Å². The molecule has 0 fully saturated rings. The van der Waals surface area contributed by atoms with Crippen LogP contribution < -0.4 is 5.32 Å². The number of benzene rings is 1. The number of amides is 1. The van der Waals surface area contributed by atoms with E-state index in [9.17, 15) is 9.90 Å². The van der Waals surface area contributed by atoms with Gasteiger partial charge in [0.15, 0.2) is 0 Å². The van der Waals surface area contributed by atoms with Gasteiger partial charge in [-0.2, -0.15) is 0 Å². The number of hydrogen-bond donors (Lipinski definition) is 2. The zero-order chi connectivity index (χ0) is 19.9. The van der Waals surface area contributed by atoms with E-state index < -0.39 is 0 Å². The number of nitrogens with one attached hydrogen (secondary N) is 1. The number of thiophene rings is 1. The summed E-state index contributed by atoms with van der Waals surface area (Å²) in [7, 11) is 0. The maximum absolute atomic E-state index is 12.9. The van der Waals surface area contributed by atoms with E-state index in [1.807, 2.05) is 32.9 Å². The van der Waals surface area contributed by atoms with Crippen LogP contribution in [0.1, 0.15) is 60.0 Å². The van der Waals surface area contributed by atoms with Gasteiger partial charge in [0.05, 0.1) is 10.6 Å². The molecule has 27 heavy (non-hydrogen) atoms. The van der Waals surface area contributed by atoms with Crippen molar-refractivity contribution in [1.82, 2.24) is 9.97 Å². The van der Waals surface area contributed by atoms with E-state index in [-0.39, 0.29) is 17.1 Å². The minimum atomic E-state index is -0.241. The molecule has 2 heterocycles. The van der Waals surface area contributed by atoms with Crippen molar-refractivity contribution >= 4 is 33.1 Å². The summed E-state index contributed by atoms with van der Waals surface area (Å²) >= 11 is 1.37. The minimum Gasteiger partial charge on any atom is -0.506 e. The third-order valence-corrected chi connectivity index (χ3v) is 5.84. The number of anilines is 1. The van der Waals surface area contributed by atoms with Gasteiger partial charge in [-0.1, -0.05) is 33.8 Å². The summed E-state index contributed by atoms with van der Waals surface area (Å²) in [6.07, 6.45) is 0.753. The SMILES string of the molecule is CCc1nc(C)c2c(C)c(C(=O)Nc3cc(C(C)(C)C)ccc3O)sc2n1. The first-order chi connectivity index (χ1) is 12.6. The molecule has 0 saturated carbocycles. The molecule has 0 aliphatic rings. The third kappa shape index (κ3) is 3.67. The van der Waals surface area contributed by atoms with Gasteiger partial charge in [0.25, 0.3) is 5.91 Å². The lowest BCUT2D eigenvalue weighted by Gasteiger charge is -2.20. The van der Waals surface area contributed by atoms with Crippen LogP contribution in [0.3, 0.4) is 0 Å². The number of carbonyl (C=O) groups is 1. The molecule has 0 radical (unpaired) electrons. The molecule has 6 heteroatoms. The van der Waals surface area contributed by atoms with Gasteiger partial charge in [-0.25, -0.2) is 9.97 Å². The maximum atomic E-state index is 12.9. The maximum Gasteiger partial charge on any atom is 0.266 e. The van der Waals surface area contributed by atoms with Gasteiger partial charge in [0.2, 0.25) is 0 Å². The molecular weight excluding hydrogens is 358 g/mol. The van der Waals surface area contributed by atoms with Gasteiger partial charge in [-0.05, 0) is 42.5 Å². The van der Waals surface area contributed by atoms with Gasteiger partial charge in [0.1, 0.15) is 16.4 Å². The average molecular weight is 384 g/mol. The highest BCUT2D eigenvalue weighted by Crippen LogP contribution is 2.34. The fourth-order valence-corrected chi connectivity index (χ4v) is 4.20. The van der Waals surface area contributed by atoms with Gasteiger partial charge in [0, 0.05) is 17.5 Å². The summed E-state index contributed by atoms with van der Waals surface area (Å²) in [6.45, 7) is 12.2. The molecule has 1 aromatic carbocycles. The first-order valence-electron chi connectivity index (χ1n) is 9.03. The highest BCUT2D eigenvalue weighted by molar-refractivity contribution is 7.20. The Morgan fingerprint density at radius 2 is 1.93 bits per heavy atom. The van der Waals surface area contributed by atoms with E-state index in [1.165, 1.54) is 11.3 Å². The summed E-state index contributed by atoms with van der Waals surface area (Å²) in [5.74, 6) is 0.595. The predicted molar refractivity (Wildman–Crippen MR) is 111 cm³/mol. The van der Waals surface area contributed by atoms with Crippen molar-refractivity contribution in [3.05, 3.63) is 45.7 Å². The fraction of sp³-hybridized carbons (Fsp3) is 0.381. The van der Waals surface area contributed by atoms with Crippen LogP contribution in [0.25, 0.3) is 10.2 Å². The Hall–Kier alpha value is -2.47. The number of aromatic nitrogens is 2. The minimum absolute atomic E-state index is 0.0550. The quantitative estimate of drug-likeness (QED) is 0.615. The van der Waals surface area contributed by atoms with Crippen LogP contribution in [-0.2, 0) is 11.8 Å². The van der Waals surface area contributed by atoms with E-state index in [0.29, 0.717) is 10.6 Å². The number of rotatable bonds is 3. The summed E-state index contributed by atoms with van der Waals surface area (Å²) < 4.78 is 0. The number of nitrogens with zero attached hydrogens (tertiary/aromatic N) is 2. The molecule has 3 aromatic rings.